The lowest BCUT2D eigenvalue weighted by Crippen LogP contribution is -2.41. The van der Waals surface area contributed by atoms with Crippen LogP contribution in [0.25, 0.3) is 0 Å². The molecular formula is C21H27FN4O3S2. The van der Waals surface area contributed by atoms with Crippen LogP contribution in [0.5, 0.6) is 0 Å². The van der Waals surface area contributed by atoms with Gasteiger partial charge in [0.1, 0.15) is 10.7 Å². The number of sulfonamides is 1. The van der Waals surface area contributed by atoms with Gasteiger partial charge in [0.05, 0.1) is 5.69 Å². The fourth-order valence-corrected chi connectivity index (χ4v) is 6.38. The van der Waals surface area contributed by atoms with E-state index in [1.807, 2.05) is 5.38 Å². The van der Waals surface area contributed by atoms with Crippen LogP contribution in [0.2, 0.25) is 0 Å². The number of carbonyl (C=O) groups is 1. The summed E-state index contributed by atoms with van der Waals surface area (Å²) in [6, 6.07) is 5.37. The number of aromatic nitrogens is 1. The van der Waals surface area contributed by atoms with Gasteiger partial charge in [0.15, 0.2) is 5.13 Å². The van der Waals surface area contributed by atoms with Crippen molar-refractivity contribution in [3.8, 4) is 0 Å². The molecule has 0 saturated carbocycles. The molecule has 1 aromatic heterocycles. The van der Waals surface area contributed by atoms with Crippen molar-refractivity contribution in [2.24, 2.45) is 5.92 Å². The van der Waals surface area contributed by atoms with Gasteiger partial charge in [-0.2, -0.15) is 4.31 Å². The predicted molar refractivity (Wildman–Crippen MR) is 118 cm³/mol. The van der Waals surface area contributed by atoms with E-state index < -0.39 is 15.8 Å². The molecule has 0 radical (unpaired) electrons. The van der Waals surface area contributed by atoms with E-state index in [-0.39, 0.29) is 29.8 Å². The molecule has 0 bridgehead atoms. The third-order valence-corrected chi connectivity index (χ3v) is 8.63. The van der Waals surface area contributed by atoms with Crippen LogP contribution < -0.4 is 5.32 Å². The van der Waals surface area contributed by atoms with Crippen molar-refractivity contribution in [3.05, 3.63) is 41.2 Å². The van der Waals surface area contributed by atoms with Crippen molar-refractivity contribution in [1.82, 2.24) is 14.2 Å². The number of piperidine rings is 2. The smallest absolute Gasteiger partial charge is 0.245 e. The zero-order valence-electron chi connectivity index (χ0n) is 17.3. The second-order valence-corrected chi connectivity index (χ2v) is 10.8. The van der Waals surface area contributed by atoms with Crippen molar-refractivity contribution in [3.63, 3.8) is 0 Å². The van der Waals surface area contributed by atoms with Crippen LogP contribution in [-0.4, -0.2) is 54.7 Å². The van der Waals surface area contributed by atoms with Gasteiger partial charge in [-0.1, -0.05) is 18.6 Å². The number of hydrogen-bond donors (Lipinski definition) is 1. The Morgan fingerprint density at radius 1 is 1.13 bits per heavy atom. The van der Waals surface area contributed by atoms with E-state index in [4.69, 9.17) is 0 Å². The molecule has 31 heavy (non-hydrogen) atoms. The monoisotopic (exact) mass is 466 g/mol. The predicted octanol–water partition coefficient (Wildman–Crippen LogP) is 3.31. The lowest BCUT2D eigenvalue weighted by Gasteiger charge is -2.30. The molecule has 3 heterocycles. The summed E-state index contributed by atoms with van der Waals surface area (Å²) >= 11 is 1.42. The lowest BCUT2D eigenvalue weighted by molar-refractivity contribution is -0.120. The molecule has 2 aliphatic heterocycles. The van der Waals surface area contributed by atoms with Gasteiger partial charge in [-0.3, -0.25) is 9.69 Å². The van der Waals surface area contributed by atoms with Gasteiger partial charge in [-0.25, -0.2) is 17.8 Å². The third-order valence-electron chi connectivity index (χ3n) is 5.90. The molecular weight excluding hydrogens is 439 g/mol. The summed E-state index contributed by atoms with van der Waals surface area (Å²) in [7, 11) is -3.90. The van der Waals surface area contributed by atoms with Crippen LogP contribution in [-0.2, 0) is 21.4 Å². The third kappa shape index (κ3) is 5.31. The number of benzene rings is 1. The first-order valence-electron chi connectivity index (χ1n) is 10.7. The van der Waals surface area contributed by atoms with Crippen molar-refractivity contribution in [1.29, 1.82) is 0 Å². The van der Waals surface area contributed by atoms with E-state index in [1.165, 1.54) is 53.1 Å². The van der Waals surface area contributed by atoms with Crippen LogP contribution in [0.4, 0.5) is 9.52 Å². The standard InChI is InChI=1S/C21H27FN4O3S2/c22-18-6-2-3-7-19(18)31(28,29)26-12-8-16(9-13-26)20(27)24-21-23-17(15-30-21)14-25-10-4-1-5-11-25/h2-3,6-7,15-16H,1,4-5,8-14H2,(H,23,24,27). The van der Waals surface area contributed by atoms with Gasteiger partial charge < -0.3 is 5.32 Å². The first kappa shape index (κ1) is 22.3. The molecule has 0 spiro atoms. The van der Waals surface area contributed by atoms with Crippen molar-refractivity contribution in [2.75, 3.05) is 31.5 Å². The minimum atomic E-state index is -3.90. The lowest BCUT2D eigenvalue weighted by atomic mass is 9.97. The zero-order chi connectivity index (χ0) is 21.8. The molecule has 4 rings (SSSR count). The average molecular weight is 467 g/mol. The van der Waals surface area contributed by atoms with Crippen LogP contribution in [0.1, 0.15) is 37.8 Å². The number of thiazole rings is 1. The van der Waals surface area contributed by atoms with E-state index in [0.29, 0.717) is 18.0 Å². The molecule has 7 nitrogen and oxygen atoms in total. The Morgan fingerprint density at radius 2 is 1.84 bits per heavy atom. The van der Waals surface area contributed by atoms with Crippen LogP contribution in [0.15, 0.2) is 34.5 Å². The summed E-state index contributed by atoms with van der Waals surface area (Å²) in [5.41, 5.74) is 0.966. The molecule has 0 aliphatic carbocycles. The molecule has 2 fully saturated rings. The quantitative estimate of drug-likeness (QED) is 0.706. The molecule has 1 amide bonds. The molecule has 1 aromatic carbocycles. The van der Waals surface area contributed by atoms with E-state index >= 15 is 0 Å². The summed E-state index contributed by atoms with van der Waals surface area (Å²) in [5.74, 6) is -1.19. The fourth-order valence-electron chi connectivity index (χ4n) is 4.14. The van der Waals surface area contributed by atoms with E-state index in [9.17, 15) is 17.6 Å². The van der Waals surface area contributed by atoms with E-state index in [0.717, 1.165) is 31.4 Å². The normalized spacial score (nSPS) is 19.4. The second kappa shape index (κ2) is 9.72. The highest BCUT2D eigenvalue weighted by atomic mass is 32.2. The summed E-state index contributed by atoms with van der Waals surface area (Å²) in [5, 5.41) is 5.45. The number of rotatable bonds is 6. The minimum absolute atomic E-state index is 0.137. The van der Waals surface area contributed by atoms with Gasteiger partial charge in [0, 0.05) is 30.9 Å². The molecule has 10 heteroatoms. The van der Waals surface area contributed by atoms with Crippen LogP contribution >= 0.6 is 11.3 Å². The van der Waals surface area contributed by atoms with Gasteiger partial charge in [-0.05, 0) is 50.9 Å². The van der Waals surface area contributed by atoms with Gasteiger partial charge in [0.25, 0.3) is 0 Å². The number of nitrogens with one attached hydrogen (secondary N) is 1. The van der Waals surface area contributed by atoms with E-state index in [1.54, 1.807) is 0 Å². The van der Waals surface area contributed by atoms with Gasteiger partial charge >= 0.3 is 0 Å². The minimum Gasteiger partial charge on any atom is -0.302 e. The second-order valence-electron chi connectivity index (χ2n) is 8.08. The van der Waals surface area contributed by atoms with Crippen molar-refractivity contribution >= 4 is 32.4 Å². The molecule has 168 valence electrons. The fraction of sp³-hybridized carbons (Fsp3) is 0.524. The van der Waals surface area contributed by atoms with Crippen molar-refractivity contribution < 1.29 is 17.6 Å². The highest BCUT2D eigenvalue weighted by molar-refractivity contribution is 7.89. The Hall–Kier alpha value is -1.88. The SMILES string of the molecule is O=C(Nc1nc(CN2CCCCC2)cs1)C1CCN(S(=O)(=O)c2ccccc2F)CC1. The molecule has 1 N–H and O–H groups in total. The molecule has 2 aliphatic rings. The molecule has 2 saturated heterocycles. The number of amides is 1. The molecule has 0 atom stereocenters. The molecule has 0 unspecified atom stereocenters. The summed E-state index contributed by atoms with van der Waals surface area (Å²) in [6.45, 7) is 3.36. The van der Waals surface area contributed by atoms with E-state index in [2.05, 4.69) is 15.2 Å². The Morgan fingerprint density at radius 3 is 2.55 bits per heavy atom. The Bertz CT molecular complexity index is 1010. The van der Waals surface area contributed by atoms with Gasteiger partial charge in [-0.15, -0.1) is 11.3 Å². The summed E-state index contributed by atoms with van der Waals surface area (Å²) in [6.07, 6.45) is 4.52. The number of halogens is 1. The first-order valence-corrected chi connectivity index (χ1v) is 13.0. The first-order chi connectivity index (χ1) is 14.9. The number of likely N-dealkylation sites (tertiary alicyclic amines) is 1. The number of nitrogens with zero attached hydrogens (tertiary/aromatic N) is 3. The zero-order valence-corrected chi connectivity index (χ0v) is 18.9. The highest BCUT2D eigenvalue weighted by Gasteiger charge is 2.33. The Labute approximate surface area is 186 Å². The Balaban J connectivity index is 1.30. The molecule has 2 aromatic rings. The number of carbonyl (C=O) groups excluding carboxylic acids is 1. The maximum absolute atomic E-state index is 14.0. The Kier molecular flexibility index (Phi) is 7.00. The summed E-state index contributed by atoms with van der Waals surface area (Å²) < 4.78 is 40.6. The van der Waals surface area contributed by atoms with Crippen LogP contribution in [0.3, 0.4) is 0 Å². The summed E-state index contributed by atoms with van der Waals surface area (Å²) in [4.78, 5) is 19.3. The topological polar surface area (TPSA) is 82.6 Å². The maximum atomic E-state index is 14.0. The average Bonchev–Trinajstić information content (AvgIpc) is 3.21. The largest absolute Gasteiger partial charge is 0.302 e. The van der Waals surface area contributed by atoms with Crippen molar-refractivity contribution in [2.45, 2.75) is 43.5 Å². The van der Waals surface area contributed by atoms with Crippen LogP contribution in [0, 0.1) is 11.7 Å². The highest BCUT2D eigenvalue weighted by Crippen LogP contribution is 2.27. The van der Waals surface area contributed by atoms with Gasteiger partial charge in [0.2, 0.25) is 15.9 Å². The maximum Gasteiger partial charge on any atom is 0.245 e. The number of hydrogen-bond acceptors (Lipinski definition) is 6. The number of anilines is 1.